The van der Waals surface area contributed by atoms with Gasteiger partial charge in [0.15, 0.2) is 11.4 Å². The first-order chi connectivity index (χ1) is 23.0. The molecule has 266 valence electrons. The first kappa shape index (κ1) is 39.7. The van der Waals surface area contributed by atoms with Gasteiger partial charge in [-0.3, -0.25) is 4.79 Å². The molecule has 0 saturated carbocycles. The summed E-state index contributed by atoms with van der Waals surface area (Å²) in [5.41, 5.74) is 2.83. The molecule has 0 bridgehead atoms. The average molecular weight is 679 g/mol. The largest absolute Gasteiger partial charge is 0.455 e. The summed E-state index contributed by atoms with van der Waals surface area (Å²) >= 11 is 0. The van der Waals surface area contributed by atoms with E-state index in [1.54, 1.807) is 25.5 Å². The monoisotopic (exact) mass is 678 g/mol. The number of allylic oxidation sites excluding steroid dienone is 1. The van der Waals surface area contributed by atoms with Gasteiger partial charge in [0.25, 0.3) is 5.67 Å². The molecule has 1 aliphatic heterocycles. The van der Waals surface area contributed by atoms with Crippen molar-refractivity contribution >= 4 is 25.3 Å². The van der Waals surface area contributed by atoms with Crippen LogP contribution in [0, 0.1) is 24.4 Å². The molecule has 4 N–H and O–H groups in total. The summed E-state index contributed by atoms with van der Waals surface area (Å²) in [6.07, 6.45) is 13.3. The maximum atomic E-state index is 16.2. The third kappa shape index (κ3) is 9.29. The third-order valence-corrected chi connectivity index (χ3v) is 9.80. The zero-order valence-electron chi connectivity index (χ0n) is 30.0. The molecule has 1 aromatic heterocycles. The molecule has 2 radical (unpaired) electrons. The van der Waals surface area contributed by atoms with Gasteiger partial charge in [0, 0.05) is 36.9 Å². The van der Waals surface area contributed by atoms with Crippen LogP contribution in [0.3, 0.4) is 0 Å². The number of ketones is 1. The number of alkyl halides is 1. The number of cyclic esters (lactones) is 1. The van der Waals surface area contributed by atoms with Crippen molar-refractivity contribution < 1.29 is 28.2 Å². The number of benzene rings is 1. The Morgan fingerprint density at radius 2 is 1.98 bits per heavy atom. The number of terminal acetylenes is 1. The van der Waals surface area contributed by atoms with Crippen LogP contribution in [-0.4, -0.2) is 89.9 Å². The molecule has 0 aliphatic carbocycles. The SMILES string of the molecule is [B][C@@H]1[C@@H](C)C(=O)[C@](C)(F)C(=O)O[C@H](CC)[C@@](C)(OC#C)[C@H](NC/C=C/Cn2cc(-c3cccc(N)c3)nn2)[C@@H](C)NC[C@H](C)C[C@@]1(C)OC. The van der Waals surface area contributed by atoms with Gasteiger partial charge < -0.3 is 30.6 Å². The van der Waals surface area contributed by atoms with E-state index in [4.69, 9.17) is 34.2 Å². The Morgan fingerprint density at radius 1 is 1.27 bits per heavy atom. The number of carbonyl (C=O) groups is 2. The highest BCUT2D eigenvalue weighted by Gasteiger charge is 2.53. The van der Waals surface area contributed by atoms with Crippen LogP contribution in [0.2, 0.25) is 5.82 Å². The van der Waals surface area contributed by atoms with Crippen molar-refractivity contribution in [3.05, 3.63) is 42.6 Å². The molecule has 0 spiro atoms. The minimum Gasteiger partial charge on any atom is -0.455 e. The number of nitrogens with zero attached hydrogens (tertiary/aromatic N) is 3. The highest BCUT2D eigenvalue weighted by atomic mass is 19.1. The second-order valence-corrected chi connectivity index (χ2v) is 13.7. The molecule has 1 saturated heterocycles. The number of esters is 1. The van der Waals surface area contributed by atoms with Gasteiger partial charge in [0.2, 0.25) is 0 Å². The van der Waals surface area contributed by atoms with E-state index in [-0.39, 0.29) is 18.4 Å². The first-order valence-electron chi connectivity index (χ1n) is 16.8. The van der Waals surface area contributed by atoms with Gasteiger partial charge in [-0.1, -0.05) is 56.7 Å². The zero-order chi connectivity index (χ0) is 36.6. The Hall–Kier alpha value is -3.73. The van der Waals surface area contributed by atoms with Crippen molar-refractivity contribution in [2.75, 3.05) is 25.9 Å². The number of aromatic nitrogens is 3. The lowest BCUT2D eigenvalue weighted by Gasteiger charge is -2.44. The van der Waals surface area contributed by atoms with Crippen LogP contribution in [0.15, 0.2) is 42.6 Å². The maximum absolute atomic E-state index is 16.2. The number of nitrogens with one attached hydrogen (secondary N) is 2. The van der Waals surface area contributed by atoms with Gasteiger partial charge in [-0.25, -0.2) is 13.9 Å². The van der Waals surface area contributed by atoms with Gasteiger partial charge in [-0.15, -0.1) is 5.10 Å². The van der Waals surface area contributed by atoms with E-state index >= 15 is 4.39 Å². The van der Waals surface area contributed by atoms with Crippen molar-refractivity contribution in [2.24, 2.45) is 11.8 Å². The third-order valence-electron chi connectivity index (χ3n) is 9.80. The van der Waals surface area contributed by atoms with Crippen LogP contribution in [-0.2, 0) is 30.3 Å². The van der Waals surface area contributed by atoms with Gasteiger partial charge in [-0.2, -0.15) is 0 Å². The Kier molecular flexibility index (Phi) is 13.6. The number of rotatable bonds is 9. The van der Waals surface area contributed by atoms with Crippen molar-refractivity contribution in [3.8, 4) is 23.8 Å². The number of nitrogens with two attached hydrogens (primary N) is 1. The van der Waals surface area contributed by atoms with Gasteiger partial charge >= 0.3 is 5.97 Å². The Morgan fingerprint density at radius 3 is 2.61 bits per heavy atom. The highest BCUT2D eigenvalue weighted by molar-refractivity contribution is 6.17. The molecule has 2 heterocycles. The molecule has 1 fully saturated rings. The lowest BCUT2D eigenvalue weighted by molar-refractivity contribution is -0.182. The van der Waals surface area contributed by atoms with Gasteiger partial charge in [-0.05, 0) is 70.9 Å². The average Bonchev–Trinajstić information content (AvgIpc) is 3.55. The second kappa shape index (κ2) is 16.8. The fourth-order valence-electron chi connectivity index (χ4n) is 6.70. The standard InChI is InChI=1S/C36H52BFN6O5/c1-10-29-36(8,48-11-2)31(40-17-12-13-18-44-22-28(42-43-44)26-15-14-16-27(39)19-26)25(5)41-21-23(3)20-34(6,47-9)30(37)24(4)32(45)35(7,38)33(46)49-29/h2,12-16,19,22-25,29-31,40-41H,10,17-18,20-21,39H2,1,3-9H3/b13-12+/t23-,24-,25-,29-,30-,31-,34-,35+,36-/m1/s1. The predicted molar refractivity (Wildman–Crippen MR) is 189 cm³/mol. The minimum atomic E-state index is -2.98. The quantitative estimate of drug-likeness (QED) is 0.0889. The topological polar surface area (TPSA) is 143 Å². The van der Waals surface area contributed by atoms with E-state index in [9.17, 15) is 9.59 Å². The van der Waals surface area contributed by atoms with Crippen LogP contribution >= 0.6 is 0 Å². The van der Waals surface area contributed by atoms with Crippen LogP contribution in [0.4, 0.5) is 10.1 Å². The summed E-state index contributed by atoms with van der Waals surface area (Å²) in [4.78, 5) is 26.9. The lowest BCUT2D eigenvalue weighted by atomic mass is 9.62. The summed E-state index contributed by atoms with van der Waals surface area (Å²) < 4.78 is 35.4. The lowest BCUT2D eigenvalue weighted by Crippen LogP contribution is -2.65. The smallest absolute Gasteiger partial charge is 0.351 e. The van der Waals surface area contributed by atoms with Crippen molar-refractivity contribution in [1.29, 1.82) is 0 Å². The molecule has 9 atom stereocenters. The van der Waals surface area contributed by atoms with Crippen molar-refractivity contribution in [3.63, 3.8) is 0 Å². The molecule has 11 nitrogen and oxygen atoms in total. The minimum absolute atomic E-state index is 0.0303. The van der Waals surface area contributed by atoms with Crippen LogP contribution in [0.5, 0.6) is 0 Å². The van der Waals surface area contributed by atoms with Crippen LogP contribution in [0.25, 0.3) is 11.3 Å². The fourth-order valence-corrected chi connectivity index (χ4v) is 6.70. The molecule has 1 aromatic carbocycles. The molecular weight excluding hydrogens is 626 g/mol. The van der Waals surface area contributed by atoms with Crippen molar-refractivity contribution in [1.82, 2.24) is 25.6 Å². The molecule has 13 heteroatoms. The van der Waals surface area contributed by atoms with Gasteiger partial charge in [0.1, 0.15) is 17.9 Å². The van der Waals surface area contributed by atoms with E-state index in [2.05, 4.69) is 27.1 Å². The Labute approximate surface area is 291 Å². The summed E-state index contributed by atoms with van der Waals surface area (Å²) in [5, 5.41) is 15.5. The number of methoxy groups -OCH3 is 1. The van der Waals surface area contributed by atoms with E-state index in [1.165, 1.54) is 14.0 Å². The van der Waals surface area contributed by atoms with Crippen molar-refractivity contribution in [2.45, 2.75) is 109 Å². The Balaban J connectivity index is 1.90. The fraction of sp³-hybridized carbons (Fsp3) is 0.611. The number of hydrogen-bond acceptors (Lipinski definition) is 10. The van der Waals surface area contributed by atoms with Crippen LogP contribution < -0.4 is 16.4 Å². The molecular formula is C36H52BFN6O5. The second-order valence-electron chi connectivity index (χ2n) is 13.7. The number of halogens is 1. The summed E-state index contributed by atoms with van der Waals surface area (Å²) in [7, 11) is 8.06. The number of Topliss-reactive ketones (excluding diaryl/α,β-unsaturated/α-hetero) is 1. The number of anilines is 1. The van der Waals surface area contributed by atoms with E-state index in [1.807, 2.05) is 56.5 Å². The van der Waals surface area contributed by atoms with Gasteiger partial charge in [0.05, 0.1) is 32.2 Å². The molecule has 0 unspecified atom stereocenters. The summed E-state index contributed by atoms with van der Waals surface area (Å²) in [6.45, 7) is 13.1. The molecule has 3 rings (SSSR count). The van der Waals surface area contributed by atoms with E-state index in [0.717, 1.165) is 12.5 Å². The highest BCUT2D eigenvalue weighted by Crippen LogP contribution is 2.39. The van der Waals surface area contributed by atoms with Crippen LogP contribution in [0.1, 0.15) is 61.3 Å². The maximum Gasteiger partial charge on any atom is 0.351 e. The summed E-state index contributed by atoms with van der Waals surface area (Å²) in [6, 6.07) is 6.59. The summed E-state index contributed by atoms with van der Waals surface area (Å²) in [5.74, 6) is -4.22. The predicted octanol–water partition coefficient (Wildman–Crippen LogP) is 4.04. The van der Waals surface area contributed by atoms with E-state index in [0.29, 0.717) is 37.4 Å². The molecule has 2 aromatic rings. The number of hydrogen-bond donors (Lipinski definition) is 3. The zero-order valence-corrected chi connectivity index (χ0v) is 30.0. The normalized spacial score (nSPS) is 33.7. The molecule has 0 amide bonds. The number of carbonyl (C=O) groups excluding carboxylic acids is 2. The number of nitrogen functional groups attached to an aromatic ring is 1. The molecule has 1 aliphatic rings. The number of ether oxygens (including phenoxy) is 3. The van der Waals surface area contributed by atoms with E-state index < -0.39 is 52.5 Å². The Bertz CT molecular complexity index is 1500. The molecule has 49 heavy (non-hydrogen) atoms. The first-order valence-corrected chi connectivity index (χ1v) is 16.8.